The van der Waals surface area contributed by atoms with E-state index in [9.17, 15) is 5.11 Å². The molecule has 1 aromatic carbocycles. The van der Waals surface area contributed by atoms with E-state index in [1.165, 1.54) is 31.2 Å². The minimum atomic E-state index is -0.489. The van der Waals surface area contributed by atoms with Crippen LogP contribution in [0.4, 0.5) is 0 Å². The highest BCUT2D eigenvalue weighted by Crippen LogP contribution is 2.25. The monoisotopic (exact) mass is 234 g/mol. The maximum absolute atomic E-state index is 9.96. The fraction of sp³-hybridized carbons (Fsp3) is 0.600. The molecule has 1 aromatic rings. The third kappa shape index (κ3) is 3.83. The molecule has 0 spiro atoms. The molecule has 0 radical (unpaired) electrons. The van der Waals surface area contributed by atoms with Crippen molar-refractivity contribution in [2.24, 2.45) is 5.92 Å². The number of rotatable bonds is 5. The van der Waals surface area contributed by atoms with Crippen LogP contribution in [0.2, 0.25) is 0 Å². The van der Waals surface area contributed by atoms with Crippen molar-refractivity contribution < 1.29 is 9.84 Å². The summed E-state index contributed by atoms with van der Waals surface area (Å²) in [5, 5.41) is 9.96. The second kappa shape index (κ2) is 6.18. The molecule has 0 aliphatic heterocycles. The zero-order valence-electron chi connectivity index (χ0n) is 10.6. The second-order valence-corrected chi connectivity index (χ2v) is 5.11. The number of aliphatic hydroxyl groups is 1. The minimum absolute atomic E-state index is 0.416. The average Bonchev–Trinajstić information content (AvgIpc) is 2.83. The Bertz CT molecular complexity index is 325. The highest BCUT2D eigenvalue weighted by atomic mass is 16.5. The van der Waals surface area contributed by atoms with E-state index in [1.54, 1.807) is 0 Å². The van der Waals surface area contributed by atoms with Crippen molar-refractivity contribution in [3.63, 3.8) is 0 Å². The Morgan fingerprint density at radius 3 is 2.53 bits per heavy atom. The molecule has 0 aromatic heterocycles. The maximum atomic E-state index is 9.96. The van der Waals surface area contributed by atoms with Gasteiger partial charge in [-0.2, -0.15) is 0 Å². The van der Waals surface area contributed by atoms with E-state index >= 15 is 0 Å². The molecule has 0 saturated heterocycles. The molecule has 1 N–H and O–H groups in total. The van der Waals surface area contributed by atoms with Crippen molar-refractivity contribution in [1.82, 2.24) is 0 Å². The minimum Gasteiger partial charge on any atom is -0.386 e. The normalized spacial score (nSPS) is 18.5. The van der Waals surface area contributed by atoms with Crippen molar-refractivity contribution in [3.05, 3.63) is 35.4 Å². The van der Waals surface area contributed by atoms with E-state index in [1.807, 2.05) is 31.2 Å². The molecule has 94 valence electrons. The molecule has 0 amide bonds. The zero-order chi connectivity index (χ0) is 12.1. The van der Waals surface area contributed by atoms with E-state index in [4.69, 9.17) is 4.74 Å². The van der Waals surface area contributed by atoms with Gasteiger partial charge < -0.3 is 9.84 Å². The third-order valence-electron chi connectivity index (χ3n) is 3.57. The zero-order valence-corrected chi connectivity index (χ0v) is 10.6. The predicted molar refractivity (Wildman–Crippen MR) is 68.9 cm³/mol. The average molecular weight is 234 g/mol. The van der Waals surface area contributed by atoms with Crippen LogP contribution in [0.25, 0.3) is 0 Å². The molecule has 17 heavy (non-hydrogen) atoms. The molecule has 0 heterocycles. The van der Waals surface area contributed by atoms with Crippen LogP contribution in [0.3, 0.4) is 0 Å². The summed E-state index contributed by atoms with van der Waals surface area (Å²) in [6.07, 6.45) is 4.78. The standard InChI is InChI=1S/C15H22O2/c1-12-6-8-14(9-7-12)15(16)11-17-10-13-4-2-3-5-13/h6-9,13,15-16H,2-5,10-11H2,1H3. The lowest BCUT2D eigenvalue weighted by molar-refractivity contribution is 0.0212. The molecular weight excluding hydrogens is 212 g/mol. The van der Waals surface area contributed by atoms with Gasteiger partial charge in [0.1, 0.15) is 6.10 Å². The maximum Gasteiger partial charge on any atom is 0.102 e. The van der Waals surface area contributed by atoms with Crippen molar-refractivity contribution in [2.75, 3.05) is 13.2 Å². The van der Waals surface area contributed by atoms with Gasteiger partial charge in [-0.15, -0.1) is 0 Å². The van der Waals surface area contributed by atoms with Crippen LogP contribution in [0.15, 0.2) is 24.3 Å². The number of benzene rings is 1. The van der Waals surface area contributed by atoms with Crippen molar-refractivity contribution >= 4 is 0 Å². The summed E-state index contributed by atoms with van der Waals surface area (Å²) in [6, 6.07) is 7.99. The molecular formula is C15H22O2. The first-order chi connectivity index (χ1) is 8.25. The van der Waals surface area contributed by atoms with Gasteiger partial charge in [0.05, 0.1) is 6.61 Å². The summed E-state index contributed by atoms with van der Waals surface area (Å²) in [5.41, 5.74) is 2.16. The summed E-state index contributed by atoms with van der Waals surface area (Å²) in [4.78, 5) is 0. The van der Waals surface area contributed by atoms with Crippen LogP contribution in [-0.4, -0.2) is 18.3 Å². The van der Waals surface area contributed by atoms with Gasteiger partial charge in [0.25, 0.3) is 0 Å². The van der Waals surface area contributed by atoms with Gasteiger partial charge in [-0.3, -0.25) is 0 Å². The quantitative estimate of drug-likeness (QED) is 0.847. The fourth-order valence-corrected chi connectivity index (χ4v) is 2.41. The van der Waals surface area contributed by atoms with Gasteiger partial charge in [0.2, 0.25) is 0 Å². The third-order valence-corrected chi connectivity index (χ3v) is 3.57. The molecule has 1 unspecified atom stereocenters. The Balaban J connectivity index is 1.72. The summed E-state index contributed by atoms with van der Waals surface area (Å²) in [7, 11) is 0. The number of hydrogen-bond donors (Lipinski definition) is 1. The van der Waals surface area contributed by atoms with Gasteiger partial charge in [-0.1, -0.05) is 42.7 Å². The Kier molecular flexibility index (Phi) is 4.57. The Morgan fingerprint density at radius 1 is 1.24 bits per heavy atom. The molecule has 2 rings (SSSR count). The number of aryl methyl sites for hydroxylation is 1. The largest absolute Gasteiger partial charge is 0.386 e. The highest BCUT2D eigenvalue weighted by molar-refractivity contribution is 5.23. The van der Waals surface area contributed by atoms with Gasteiger partial charge >= 0.3 is 0 Å². The van der Waals surface area contributed by atoms with Gasteiger partial charge in [-0.25, -0.2) is 0 Å². The SMILES string of the molecule is Cc1ccc(C(O)COCC2CCCC2)cc1. The van der Waals surface area contributed by atoms with Crippen LogP contribution < -0.4 is 0 Å². The summed E-state index contributed by atoms with van der Waals surface area (Å²) < 4.78 is 5.61. The van der Waals surface area contributed by atoms with Crippen molar-refractivity contribution in [1.29, 1.82) is 0 Å². The summed E-state index contributed by atoms with van der Waals surface area (Å²) in [6.45, 7) is 3.27. The number of hydrogen-bond acceptors (Lipinski definition) is 2. The molecule has 1 aliphatic carbocycles. The van der Waals surface area contributed by atoms with E-state index in [0.29, 0.717) is 6.61 Å². The van der Waals surface area contributed by atoms with Gasteiger partial charge in [0.15, 0.2) is 0 Å². The molecule has 0 bridgehead atoms. The summed E-state index contributed by atoms with van der Waals surface area (Å²) in [5.74, 6) is 0.722. The van der Waals surface area contributed by atoms with Crippen LogP contribution in [0.1, 0.15) is 42.9 Å². The van der Waals surface area contributed by atoms with E-state index < -0.39 is 6.10 Å². The van der Waals surface area contributed by atoms with Gasteiger partial charge in [0, 0.05) is 6.61 Å². The predicted octanol–water partition coefficient (Wildman–Crippen LogP) is 3.24. The van der Waals surface area contributed by atoms with E-state index in [2.05, 4.69) is 0 Å². The van der Waals surface area contributed by atoms with E-state index in [-0.39, 0.29) is 0 Å². The Morgan fingerprint density at radius 2 is 1.88 bits per heavy atom. The van der Waals surface area contributed by atoms with Gasteiger partial charge in [-0.05, 0) is 31.2 Å². The number of ether oxygens (including phenoxy) is 1. The second-order valence-electron chi connectivity index (χ2n) is 5.11. The fourth-order valence-electron chi connectivity index (χ4n) is 2.41. The molecule has 1 saturated carbocycles. The lowest BCUT2D eigenvalue weighted by atomic mass is 10.1. The lowest BCUT2D eigenvalue weighted by Gasteiger charge is -2.14. The van der Waals surface area contributed by atoms with Crippen molar-refractivity contribution in [3.8, 4) is 0 Å². The first kappa shape index (κ1) is 12.6. The lowest BCUT2D eigenvalue weighted by Crippen LogP contribution is -2.12. The highest BCUT2D eigenvalue weighted by Gasteiger charge is 2.15. The molecule has 1 aliphatic rings. The van der Waals surface area contributed by atoms with Crippen LogP contribution in [0.5, 0.6) is 0 Å². The van der Waals surface area contributed by atoms with Crippen LogP contribution in [0, 0.1) is 12.8 Å². The summed E-state index contributed by atoms with van der Waals surface area (Å²) >= 11 is 0. The number of aliphatic hydroxyl groups excluding tert-OH is 1. The molecule has 2 heteroatoms. The smallest absolute Gasteiger partial charge is 0.102 e. The Labute approximate surface area is 104 Å². The first-order valence-electron chi connectivity index (χ1n) is 6.58. The molecule has 1 fully saturated rings. The Hall–Kier alpha value is -0.860. The molecule has 2 nitrogen and oxygen atoms in total. The topological polar surface area (TPSA) is 29.5 Å². The van der Waals surface area contributed by atoms with Crippen molar-refractivity contribution in [2.45, 2.75) is 38.7 Å². The van der Waals surface area contributed by atoms with Crippen LogP contribution >= 0.6 is 0 Å². The van der Waals surface area contributed by atoms with Crippen LogP contribution in [-0.2, 0) is 4.74 Å². The van der Waals surface area contributed by atoms with E-state index in [0.717, 1.165) is 18.1 Å². The molecule has 1 atom stereocenters. The first-order valence-corrected chi connectivity index (χ1v) is 6.58.